The summed E-state index contributed by atoms with van der Waals surface area (Å²) in [6, 6.07) is 11.5. The first kappa shape index (κ1) is 22.5. The largest absolute Gasteiger partial charge is 0.451 e. The molecule has 7 heteroatoms. The van der Waals surface area contributed by atoms with E-state index < -0.39 is 17.0 Å². The molecule has 0 saturated carbocycles. The number of rotatable bonds is 7. The minimum Gasteiger partial charge on any atom is -0.451 e. The van der Waals surface area contributed by atoms with Gasteiger partial charge in [0.05, 0.1) is 10.5 Å². The molecule has 0 amide bonds. The third kappa shape index (κ3) is 5.29. The van der Waals surface area contributed by atoms with E-state index in [2.05, 4.69) is 6.92 Å². The monoisotopic (exact) mass is 424 g/mol. The zero-order valence-electron chi connectivity index (χ0n) is 18.2. The van der Waals surface area contributed by atoms with Gasteiger partial charge in [0.25, 0.3) is 5.69 Å². The molecule has 164 valence electrons. The van der Waals surface area contributed by atoms with Gasteiger partial charge in [0, 0.05) is 24.7 Å². The Bertz CT molecular complexity index is 962. The summed E-state index contributed by atoms with van der Waals surface area (Å²) in [4.78, 5) is 38.3. The maximum absolute atomic E-state index is 12.6. The predicted octanol–water partition coefficient (Wildman–Crippen LogP) is 4.82. The first-order chi connectivity index (χ1) is 14.8. The summed E-state index contributed by atoms with van der Waals surface area (Å²) in [7, 11) is 0. The minimum absolute atomic E-state index is 0.0572. The molecule has 0 radical (unpaired) electrons. The first-order valence-corrected chi connectivity index (χ1v) is 10.7. The number of hydrogen-bond acceptors (Lipinski definition) is 6. The van der Waals surface area contributed by atoms with Crippen molar-refractivity contribution in [2.45, 2.75) is 46.1 Å². The van der Waals surface area contributed by atoms with Crippen molar-refractivity contribution in [2.75, 3.05) is 18.0 Å². The molecule has 31 heavy (non-hydrogen) atoms. The molecule has 1 saturated heterocycles. The average Bonchev–Trinajstić information content (AvgIpc) is 2.78. The molecule has 1 fully saturated rings. The number of ether oxygens (including phenoxy) is 1. The number of nitro groups is 1. The topological polar surface area (TPSA) is 89.8 Å². The summed E-state index contributed by atoms with van der Waals surface area (Å²) in [6.07, 6.45) is 1.81. The second-order valence-corrected chi connectivity index (χ2v) is 8.09. The molecule has 1 unspecified atom stereocenters. The molecule has 2 aromatic carbocycles. The summed E-state index contributed by atoms with van der Waals surface area (Å²) in [5.41, 5.74) is 2.00. The number of aryl methyl sites for hydroxylation is 1. The van der Waals surface area contributed by atoms with Crippen molar-refractivity contribution in [3.05, 3.63) is 69.3 Å². The van der Waals surface area contributed by atoms with Crippen molar-refractivity contribution < 1.29 is 19.2 Å². The molecule has 1 atom stereocenters. The fourth-order valence-corrected chi connectivity index (χ4v) is 3.74. The van der Waals surface area contributed by atoms with E-state index in [0.717, 1.165) is 37.9 Å². The highest BCUT2D eigenvalue weighted by atomic mass is 16.6. The number of hydrogen-bond donors (Lipinski definition) is 0. The normalized spacial score (nSPS) is 15.4. The fraction of sp³-hybridized carbons (Fsp3) is 0.417. The Morgan fingerprint density at radius 1 is 1.13 bits per heavy atom. The summed E-state index contributed by atoms with van der Waals surface area (Å²) in [5, 5.41) is 11.6. The summed E-state index contributed by atoms with van der Waals surface area (Å²) in [6.45, 7) is 7.19. The van der Waals surface area contributed by atoms with Crippen molar-refractivity contribution in [3.63, 3.8) is 0 Å². The number of benzene rings is 2. The highest BCUT2D eigenvalue weighted by molar-refractivity contribution is 6.01. The van der Waals surface area contributed by atoms with Crippen LogP contribution in [-0.4, -0.2) is 35.9 Å². The molecule has 1 aliphatic rings. The predicted molar refractivity (Wildman–Crippen MR) is 119 cm³/mol. The van der Waals surface area contributed by atoms with Crippen molar-refractivity contribution >= 4 is 23.1 Å². The van der Waals surface area contributed by atoms with Crippen LogP contribution in [-0.2, 0) is 11.2 Å². The van der Waals surface area contributed by atoms with Crippen LogP contribution >= 0.6 is 0 Å². The Kier molecular flexibility index (Phi) is 7.05. The lowest BCUT2D eigenvalue weighted by molar-refractivity contribution is -0.384. The lowest BCUT2D eigenvalue weighted by atomic mass is 9.98. The van der Waals surface area contributed by atoms with Gasteiger partial charge < -0.3 is 9.64 Å². The van der Waals surface area contributed by atoms with Gasteiger partial charge in [0.2, 0.25) is 5.78 Å². The number of piperidine rings is 1. The van der Waals surface area contributed by atoms with Gasteiger partial charge in [-0.1, -0.05) is 38.1 Å². The van der Waals surface area contributed by atoms with Crippen LogP contribution in [0.5, 0.6) is 0 Å². The standard InChI is InChI=1S/C24H28N2O5/c1-4-18-5-7-19(8-6-18)23(27)17(3)31-24(28)20-9-10-21(22(15-20)26(29)30)25-13-11-16(2)12-14-25/h5-10,15-17H,4,11-14H2,1-3H3. The van der Waals surface area contributed by atoms with Crippen LogP contribution in [0.3, 0.4) is 0 Å². The van der Waals surface area contributed by atoms with Gasteiger partial charge >= 0.3 is 5.97 Å². The van der Waals surface area contributed by atoms with Gasteiger partial charge in [0.15, 0.2) is 6.10 Å². The molecule has 0 spiro atoms. The van der Waals surface area contributed by atoms with Crippen molar-refractivity contribution in [1.82, 2.24) is 0 Å². The first-order valence-electron chi connectivity index (χ1n) is 10.7. The Labute approximate surface area is 182 Å². The van der Waals surface area contributed by atoms with Crippen LogP contribution < -0.4 is 4.90 Å². The number of esters is 1. The molecule has 0 aromatic heterocycles. The second kappa shape index (κ2) is 9.73. The Morgan fingerprint density at radius 2 is 1.74 bits per heavy atom. The lowest BCUT2D eigenvalue weighted by Gasteiger charge is -2.31. The molecule has 0 N–H and O–H groups in total. The fourth-order valence-electron chi connectivity index (χ4n) is 3.74. The van der Waals surface area contributed by atoms with E-state index in [-0.39, 0.29) is 17.0 Å². The van der Waals surface area contributed by atoms with E-state index >= 15 is 0 Å². The van der Waals surface area contributed by atoms with Gasteiger partial charge in [0.1, 0.15) is 5.69 Å². The quantitative estimate of drug-likeness (QED) is 0.274. The summed E-state index contributed by atoms with van der Waals surface area (Å²) < 4.78 is 5.32. The number of Topliss-reactive ketones (excluding diaryl/α,β-unsaturated/α-hetero) is 1. The Morgan fingerprint density at radius 3 is 2.32 bits per heavy atom. The molecular formula is C24H28N2O5. The summed E-state index contributed by atoms with van der Waals surface area (Å²) in [5.74, 6) is -0.473. The average molecular weight is 424 g/mol. The Hall–Kier alpha value is -3.22. The maximum atomic E-state index is 12.6. The zero-order valence-corrected chi connectivity index (χ0v) is 18.2. The maximum Gasteiger partial charge on any atom is 0.339 e. The highest BCUT2D eigenvalue weighted by Gasteiger charge is 2.26. The number of carbonyl (C=O) groups is 2. The number of nitrogens with zero attached hydrogens (tertiary/aromatic N) is 2. The molecule has 0 bridgehead atoms. The zero-order chi connectivity index (χ0) is 22.5. The molecular weight excluding hydrogens is 396 g/mol. The van der Waals surface area contributed by atoms with Crippen LogP contribution in [0.1, 0.15) is 59.9 Å². The van der Waals surface area contributed by atoms with Crippen LogP contribution in [0.4, 0.5) is 11.4 Å². The van der Waals surface area contributed by atoms with Crippen molar-refractivity contribution in [1.29, 1.82) is 0 Å². The molecule has 0 aliphatic carbocycles. The van der Waals surface area contributed by atoms with Crippen LogP contribution in [0.25, 0.3) is 0 Å². The van der Waals surface area contributed by atoms with E-state index in [9.17, 15) is 19.7 Å². The van der Waals surface area contributed by atoms with E-state index in [1.807, 2.05) is 24.0 Å². The molecule has 1 aliphatic heterocycles. The second-order valence-electron chi connectivity index (χ2n) is 8.09. The highest BCUT2D eigenvalue weighted by Crippen LogP contribution is 2.32. The van der Waals surface area contributed by atoms with Gasteiger partial charge in [-0.05, 0) is 49.8 Å². The molecule has 7 nitrogen and oxygen atoms in total. The van der Waals surface area contributed by atoms with Crippen LogP contribution in [0, 0.1) is 16.0 Å². The third-order valence-corrected chi connectivity index (χ3v) is 5.83. The van der Waals surface area contributed by atoms with Crippen LogP contribution in [0.2, 0.25) is 0 Å². The molecule has 3 rings (SSSR count). The number of ketones is 1. The Balaban J connectivity index is 1.73. The number of anilines is 1. The minimum atomic E-state index is -0.998. The van der Waals surface area contributed by atoms with Gasteiger partial charge in [-0.15, -0.1) is 0 Å². The van der Waals surface area contributed by atoms with Crippen molar-refractivity contribution in [2.24, 2.45) is 5.92 Å². The van der Waals surface area contributed by atoms with Crippen molar-refractivity contribution in [3.8, 4) is 0 Å². The number of carbonyl (C=O) groups excluding carboxylic acids is 2. The molecule has 2 aromatic rings. The van der Waals surface area contributed by atoms with E-state index in [1.165, 1.54) is 19.1 Å². The van der Waals surface area contributed by atoms with Gasteiger partial charge in [-0.3, -0.25) is 14.9 Å². The summed E-state index contributed by atoms with van der Waals surface area (Å²) >= 11 is 0. The van der Waals surface area contributed by atoms with Gasteiger partial charge in [-0.2, -0.15) is 0 Å². The molecule has 1 heterocycles. The van der Waals surface area contributed by atoms with Gasteiger partial charge in [-0.25, -0.2) is 4.79 Å². The van der Waals surface area contributed by atoms with E-state index in [0.29, 0.717) is 17.2 Å². The smallest absolute Gasteiger partial charge is 0.339 e. The SMILES string of the molecule is CCc1ccc(C(=O)C(C)OC(=O)c2ccc(N3CCC(C)CC3)c([N+](=O)[O-])c2)cc1. The third-order valence-electron chi connectivity index (χ3n) is 5.83. The van der Waals surface area contributed by atoms with E-state index in [1.54, 1.807) is 18.2 Å². The lowest BCUT2D eigenvalue weighted by Crippen LogP contribution is -2.33. The van der Waals surface area contributed by atoms with Crippen LogP contribution in [0.15, 0.2) is 42.5 Å². The number of nitro benzene ring substituents is 1. The van der Waals surface area contributed by atoms with E-state index in [4.69, 9.17) is 4.74 Å².